The van der Waals surface area contributed by atoms with Gasteiger partial charge < -0.3 is 4.90 Å². The molecular weight excluding hydrogens is 387 g/mol. The maximum atomic E-state index is 14.5. The van der Waals surface area contributed by atoms with E-state index in [4.69, 9.17) is 0 Å². The van der Waals surface area contributed by atoms with E-state index in [9.17, 15) is 14.0 Å². The van der Waals surface area contributed by atoms with E-state index in [0.29, 0.717) is 29.1 Å². The number of halogens is 1. The lowest BCUT2D eigenvalue weighted by molar-refractivity contribution is -0.122. The molecule has 6 heteroatoms. The van der Waals surface area contributed by atoms with E-state index in [0.717, 1.165) is 44.1 Å². The number of benzene rings is 2. The molecule has 0 aliphatic carbocycles. The van der Waals surface area contributed by atoms with Gasteiger partial charge >= 0.3 is 0 Å². The average Bonchev–Trinajstić information content (AvgIpc) is 3.33. The number of anilines is 1. The van der Waals surface area contributed by atoms with E-state index in [1.54, 1.807) is 18.2 Å². The molecule has 2 fully saturated rings. The Bertz CT molecular complexity index is 939. The van der Waals surface area contributed by atoms with Crippen molar-refractivity contribution in [2.24, 2.45) is 0 Å². The normalized spacial score (nSPS) is 18.3. The number of carbonyl (C=O) groups is 2. The second-order valence-corrected chi connectivity index (χ2v) is 8.32. The highest BCUT2D eigenvalue weighted by molar-refractivity contribution is 8.18. The number of hydrogen-bond donors (Lipinski definition) is 0. The minimum atomic E-state index is -0.294. The molecule has 2 aliphatic rings. The van der Waals surface area contributed by atoms with Gasteiger partial charge in [0.1, 0.15) is 5.82 Å². The fourth-order valence-corrected chi connectivity index (χ4v) is 4.62. The van der Waals surface area contributed by atoms with E-state index in [2.05, 4.69) is 0 Å². The highest BCUT2D eigenvalue weighted by Gasteiger charge is 2.34. The first kappa shape index (κ1) is 19.7. The number of carbonyl (C=O) groups excluding carboxylic acids is 2. The lowest BCUT2D eigenvalue weighted by Gasteiger charge is -2.18. The second kappa shape index (κ2) is 8.82. The summed E-state index contributed by atoms with van der Waals surface area (Å²) < 4.78 is 14.5. The van der Waals surface area contributed by atoms with Crippen LogP contribution in [-0.2, 0) is 11.2 Å². The Kier molecular flexibility index (Phi) is 6.00. The molecule has 29 heavy (non-hydrogen) atoms. The molecule has 4 nitrogen and oxygen atoms in total. The van der Waals surface area contributed by atoms with Gasteiger partial charge in [-0.15, -0.1) is 0 Å². The van der Waals surface area contributed by atoms with Crippen LogP contribution in [0.25, 0.3) is 6.08 Å². The van der Waals surface area contributed by atoms with Gasteiger partial charge in [0.15, 0.2) is 0 Å². The molecule has 0 aromatic heterocycles. The van der Waals surface area contributed by atoms with Gasteiger partial charge in [-0.2, -0.15) is 0 Å². The molecule has 4 rings (SSSR count). The van der Waals surface area contributed by atoms with Gasteiger partial charge in [-0.3, -0.25) is 14.5 Å². The number of amides is 2. The highest BCUT2D eigenvalue weighted by Crippen LogP contribution is 2.33. The number of rotatable bonds is 6. The van der Waals surface area contributed by atoms with Crippen LogP contribution in [-0.4, -0.2) is 35.7 Å². The van der Waals surface area contributed by atoms with Crippen LogP contribution in [0.5, 0.6) is 0 Å². The third-order valence-corrected chi connectivity index (χ3v) is 6.19. The number of imide groups is 1. The number of nitrogens with zero attached hydrogens (tertiary/aromatic N) is 2. The van der Waals surface area contributed by atoms with Crippen molar-refractivity contribution in [1.82, 2.24) is 4.90 Å². The topological polar surface area (TPSA) is 40.6 Å². The van der Waals surface area contributed by atoms with Crippen LogP contribution >= 0.6 is 11.8 Å². The zero-order valence-electron chi connectivity index (χ0n) is 16.1. The third kappa shape index (κ3) is 4.53. The fraction of sp³-hybridized carbons (Fsp3) is 0.304. The number of thioether (sulfide) groups is 1. The van der Waals surface area contributed by atoms with Gasteiger partial charge in [0.25, 0.3) is 11.1 Å². The van der Waals surface area contributed by atoms with E-state index in [-0.39, 0.29) is 17.0 Å². The van der Waals surface area contributed by atoms with E-state index in [1.807, 2.05) is 35.2 Å². The Hall–Kier alpha value is -2.60. The maximum absolute atomic E-state index is 14.5. The van der Waals surface area contributed by atoms with Crippen molar-refractivity contribution in [3.63, 3.8) is 0 Å². The summed E-state index contributed by atoms with van der Waals surface area (Å²) in [4.78, 5) is 28.6. The largest absolute Gasteiger partial charge is 0.369 e. The summed E-state index contributed by atoms with van der Waals surface area (Å²) >= 11 is 0.924. The van der Waals surface area contributed by atoms with Crippen molar-refractivity contribution >= 4 is 34.7 Å². The summed E-state index contributed by atoms with van der Waals surface area (Å²) in [6.07, 6.45) is 5.30. The Morgan fingerprint density at radius 3 is 2.52 bits per heavy atom. The van der Waals surface area contributed by atoms with Crippen LogP contribution in [0.4, 0.5) is 14.9 Å². The molecule has 0 radical (unpaired) electrons. The van der Waals surface area contributed by atoms with Gasteiger partial charge in [-0.05, 0) is 66.8 Å². The van der Waals surface area contributed by atoms with Crippen molar-refractivity contribution in [2.75, 3.05) is 24.5 Å². The molecule has 0 bridgehead atoms. The fourth-order valence-electron chi connectivity index (χ4n) is 3.76. The van der Waals surface area contributed by atoms with Crippen LogP contribution in [0.3, 0.4) is 0 Å². The van der Waals surface area contributed by atoms with E-state index >= 15 is 0 Å². The first-order chi connectivity index (χ1) is 14.1. The predicted molar refractivity (Wildman–Crippen MR) is 115 cm³/mol. The summed E-state index contributed by atoms with van der Waals surface area (Å²) in [6.45, 7) is 2.13. The number of aryl methyl sites for hydroxylation is 1. The molecule has 2 aromatic rings. The van der Waals surface area contributed by atoms with Crippen LogP contribution in [0.15, 0.2) is 53.4 Å². The Morgan fingerprint density at radius 1 is 1.03 bits per heavy atom. The SMILES string of the molecule is O=C1S/C(=C/c2ccc(N3CCCC3)c(F)c2)C(=O)N1CCCc1ccccc1. The third-order valence-electron chi connectivity index (χ3n) is 5.28. The predicted octanol–water partition coefficient (Wildman–Crippen LogP) is 5.10. The Morgan fingerprint density at radius 2 is 1.79 bits per heavy atom. The van der Waals surface area contributed by atoms with Crippen molar-refractivity contribution in [1.29, 1.82) is 0 Å². The summed E-state index contributed by atoms with van der Waals surface area (Å²) in [6, 6.07) is 15.0. The van der Waals surface area contributed by atoms with Gasteiger partial charge in [-0.25, -0.2) is 4.39 Å². The van der Waals surface area contributed by atoms with Crippen LogP contribution in [0, 0.1) is 5.82 Å². The zero-order chi connectivity index (χ0) is 20.2. The lowest BCUT2D eigenvalue weighted by atomic mass is 10.1. The lowest BCUT2D eigenvalue weighted by Crippen LogP contribution is -2.29. The average molecular weight is 411 g/mol. The summed E-state index contributed by atoms with van der Waals surface area (Å²) in [5, 5.41) is -0.261. The molecular formula is C23H23FN2O2S. The van der Waals surface area contributed by atoms with Gasteiger partial charge in [0, 0.05) is 19.6 Å². The Labute approximate surface area is 174 Å². The van der Waals surface area contributed by atoms with Gasteiger partial charge in [0.05, 0.1) is 10.6 Å². The first-order valence-electron chi connectivity index (χ1n) is 9.95. The standard InChI is InChI=1S/C23H23FN2O2S/c24-19-15-18(10-11-20(19)25-12-4-5-13-25)16-21-22(27)26(23(28)29-21)14-6-9-17-7-2-1-3-8-17/h1-3,7-8,10-11,15-16H,4-6,9,12-14H2/b21-16+. The molecule has 0 spiro atoms. The molecule has 2 aliphatic heterocycles. The molecule has 0 unspecified atom stereocenters. The quantitative estimate of drug-likeness (QED) is 0.622. The molecule has 0 atom stereocenters. The van der Waals surface area contributed by atoms with Crippen molar-refractivity contribution < 1.29 is 14.0 Å². The van der Waals surface area contributed by atoms with Crippen molar-refractivity contribution in [3.8, 4) is 0 Å². The summed E-state index contributed by atoms with van der Waals surface area (Å²) in [7, 11) is 0. The molecule has 2 heterocycles. The number of hydrogen-bond acceptors (Lipinski definition) is 4. The van der Waals surface area contributed by atoms with E-state index < -0.39 is 0 Å². The zero-order valence-corrected chi connectivity index (χ0v) is 17.0. The molecule has 0 N–H and O–H groups in total. The van der Waals surface area contributed by atoms with Crippen LogP contribution in [0.2, 0.25) is 0 Å². The molecule has 150 valence electrons. The highest BCUT2D eigenvalue weighted by atomic mass is 32.2. The van der Waals surface area contributed by atoms with Crippen molar-refractivity contribution in [2.45, 2.75) is 25.7 Å². The van der Waals surface area contributed by atoms with E-state index in [1.165, 1.54) is 16.5 Å². The molecule has 2 aromatic carbocycles. The summed E-state index contributed by atoms with van der Waals surface area (Å²) in [5.41, 5.74) is 2.39. The van der Waals surface area contributed by atoms with Crippen LogP contribution < -0.4 is 4.90 Å². The van der Waals surface area contributed by atoms with Crippen molar-refractivity contribution in [3.05, 3.63) is 70.4 Å². The second-order valence-electron chi connectivity index (χ2n) is 7.33. The summed E-state index contributed by atoms with van der Waals surface area (Å²) in [5.74, 6) is -0.583. The minimum Gasteiger partial charge on any atom is -0.369 e. The monoisotopic (exact) mass is 410 g/mol. The first-order valence-corrected chi connectivity index (χ1v) is 10.8. The molecule has 2 saturated heterocycles. The van der Waals surface area contributed by atoms with Gasteiger partial charge in [-0.1, -0.05) is 36.4 Å². The minimum absolute atomic E-state index is 0.261. The molecule has 2 amide bonds. The smallest absolute Gasteiger partial charge is 0.293 e. The van der Waals surface area contributed by atoms with Gasteiger partial charge in [0.2, 0.25) is 0 Å². The molecule has 0 saturated carbocycles. The Balaban J connectivity index is 1.41. The van der Waals surface area contributed by atoms with Crippen LogP contribution in [0.1, 0.15) is 30.4 Å². The maximum Gasteiger partial charge on any atom is 0.293 e.